The fraction of sp³-hybridized carbons (Fsp3) is 0.143. The van der Waals surface area contributed by atoms with E-state index >= 15 is 0 Å². The number of nitrogens with two attached hydrogens (primary N) is 1. The summed E-state index contributed by atoms with van der Waals surface area (Å²) in [6.45, 7) is -0.684. The predicted octanol–water partition coefficient (Wildman–Crippen LogP) is 3.40. The lowest BCUT2D eigenvalue weighted by Crippen LogP contribution is -2.25. The van der Waals surface area contributed by atoms with E-state index in [1.165, 1.54) is 6.07 Å². The Labute approximate surface area is 98.9 Å². The molecule has 0 amide bonds. The second-order valence-electron chi connectivity index (χ2n) is 3.82. The van der Waals surface area contributed by atoms with Crippen molar-refractivity contribution in [2.75, 3.05) is 6.54 Å². The summed E-state index contributed by atoms with van der Waals surface area (Å²) in [7, 11) is 0. The van der Waals surface area contributed by atoms with Crippen LogP contribution < -0.4 is 5.73 Å². The molecular weight excluding hydrogens is 220 g/mol. The van der Waals surface area contributed by atoms with Crippen LogP contribution in [-0.4, -0.2) is 6.54 Å². The topological polar surface area (TPSA) is 26.0 Å². The van der Waals surface area contributed by atoms with E-state index in [0.717, 1.165) is 5.56 Å². The standard InChI is InChI=1S/C14H13F2N/c15-14(16,10-17)13-9-5-4-8-12(13)11-6-2-1-3-7-11/h1-9H,10,17H2. The van der Waals surface area contributed by atoms with Crippen molar-refractivity contribution in [3.05, 3.63) is 60.2 Å². The quantitative estimate of drug-likeness (QED) is 0.863. The van der Waals surface area contributed by atoms with Crippen LogP contribution >= 0.6 is 0 Å². The van der Waals surface area contributed by atoms with E-state index in [2.05, 4.69) is 0 Å². The molecule has 0 unspecified atom stereocenters. The summed E-state index contributed by atoms with van der Waals surface area (Å²) in [6.07, 6.45) is 0. The van der Waals surface area contributed by atoms with Crippen LogP contribution in [0.3, 0.4) is 0 Å². The summed E-state index contributed by atoms with van der Waals surface area (Å²) in [5.41, 5.74) is 6.42. The third kappa shape index (κ3) is 2.34. The summed E-state index contributed by atoms with van der Waals surface area (Å²) in [5.74, 6) is -2.99. The van der Waals surface area contributed by atoms with Gasteiger partial charge in [0.05, 0.1) is 6.54 Å². The normalized spacial score (nSPS) is 11.5. The SMILES string of the molecule is NCC(F)(F)c1ccccc1-c1ccccc1. The van der Waals surface area contributed by atoms with Gasteiger partial charge in [0, 0.05) is 5.56 Å². The summed E-state index contributed by atoms with van der Waals surface area (Å²) >= 11 is 0. The highest BCUT2D eigenvalue weighted by Gasteiger charge is 2.31. The third-order valence-corrected chi connectivity index (χ3v) is 2.66. The first kappa shape index (κ1) is 11.7. The Balaban J connectivity index is 2.56. The van der Waals surface area contributed by atoms with Gasteiger partial charge in [-0.3, -0.25) is 0 Å². The smallest absolute Gasteiger partial charge is 0.285 e. The number of rotatable bonds is 3. The minimum atomic E-state index is -2.99. The molecule has 2 aromatic rings. The van der Waals surface area contributed by atoms with Crippen molar-refractivity contribution >= 4 is 0 Å². The average Bonchev–Trinajstić information content (AvgIpc) is 2.40. The number of halogens is 2. The Bertz CT molecular complexity index is 495. The maximum atomic E-state index is 13.7. The molecule has 0 atom stereocenters. The van der Waals surface area contributed by atoms with Gasteiger partial charge < -0.3 is 5.73 Å². The summed E-state index contributed by atoms with van der Waals surface area (Å²) in [6, 6.07) is 15.6. The second-order valence-corrected chi connectivity index (χ2v) is 3.82. The van der Waals surface area contributed by atoms with E-state index in [1.807, 2.05) is 30.3 Å². The molecule has 1 nitrogen and oxygen atoms in total. The van der Waals surface area contributed by atoms with E-state index < -0.39 is 12.5 Å². The highest BCUT2D eigenvalue weighted by Crippen LogP contribution is 2.34. The Morgan fingerprint density at radius 3 is 2.12 bits per heavy atom. The minimum Gasteiger partial charge on any atom is -0.325 e. The highest BCUT2D eigenvalue weighted by atomic mass is 19.3. The van der Waals surface area contributed by atoms with Crippen LogP contribution in [0.15, 0.2) is 54.6 Å². The second kappa shape index (κ2) is 4.63. The Morgan fingerprint density at radius 1 is 0.882 bits per heavy atom. The molecule has 2 rings (SSSR count). The van der Waals surface area contributed by atoms with Crippen molar-refractivity contribution in [2.24, 2.45) is 5.73 Å². The van der Waals surface area contributed by atoms with Gasteiger partial charge in [-0.2, -0.15) is 8.78 Å². The van der Waals surface area contributed by atoms with Crippen molar-refractivity contribution < 1.29 is 8.78 Å². The fourth-order valence-corrected chi connectivity index (χ4v) is 1.78. The Morgan fingerprint density at radius 2 is 1.47 bits per heavy atom. The average molecular weight is 233 g/mol. The monoisotopic (exact) mass is 233 g/mol. The molecule has 0 fully saturated rings. The molecule has 0 radical (unpaired) electrons. The summed E-state index contributed by atoms with van der Waals surface area (Å²) in [5, 5.41) is 0. The lowest BCUT2D eigenvalue weighted by molar-refractivity contribution is 0.00656. The van der Waals surface area contributed by atoms with Crippen LogP contribution in [-0.2, 0) is 5.92 Å². The molecule has 17 heavy (non-hydrogen) atoms. The van der Waals surface area contributed by atoms with Crippen LogP contribution in [0.5, 0.6) is 0 Å². The minimum absolute atomic E-state index is 0.0197. The van der Waals surface area contributed by atoms with E-state index in [4.69, 9.17) is 5.73 Å². The van der Waals surface area contributed by atoms with Gasteiger partial charge >= 0.3 is 0 Å². The Hall–Kier alpha value is -1.74. The van der Waals surface area contributed by atoms with Crippen molar-refractivity contribution in [1.29, 1.82) is 0 Å². The molecule has 0 bridgehead atoms. The van der Waals surface area contributed by atoms with Gasteiger partial charge in [0.25, 0.3) is 5.92 Å². The van der Waals surface area contributed by atoms with E-state index in [-0.39, 0.29) is 5.56 Å². The third-order valence-electron chi connectivity index (χ3n) is 2.66. The first-order valence-electron chi connectivity index (χ1n) is 5.38. The first-order chi connectivity index (χ1) is 8.15. The number of hydrogen-bond donors (Lipinski definition) is 1. The van der Waals surface area contributed by atoms with E-state index in [9.17, 15) is 8.78 Å². The molecular formula is C14H13F2N. The highest BCUT2D eigenvalue weighted by molar-refractivity contribution is 5.68. The van der Waals surface area contributed by atoms with Gasteiger partial charge in [0.1, 0.15) is 0 Å². The van der Waals surface area contributed by atoms with Crippen molar-refractivity contribution in [3.8, 4) is 11.1 Å². The molecule has 0 aliphatic carbocycles. The number of alkyl halides is 2. The van der Waals surface area contributed by atoms with Crippen LogP contribution in [0.2, 0.25) is 0 Å². The first-order valence-corrected chi connectivity index (χ1v) is 5.38. The van der Waals surface area contributed by atoms with Crippen LogP contribution in [0, 0.1) is 0 Å². The molecule has 0 aliphatic heterocycles. The van der Waals surface area contributed by atoms with Gasteiger partial charge in [-0.25, -0.2) is 0 Å². The molecule has 3 heteroatoms. The van der Waals surface area contributed by atoms with Crippen molar-refractivity contribution in [3.63, 3.8) is 0 Å². The fourth-order valence-electron chi connectivity index (χ4n) is 1.78. The van der Waals surface area contributed by atoms with Crippen molar-refractivity contribution in [1.82, 2.24) is 0 Å². The zero-order chi connectivity index (χ0) is 12.3. The molecule has 2 aromatic carbocycles. The van der Waals surface area contributed by atoms with Crippen LogP contribution in [0.25, 0.3) is 11.1 Å². The van der Waals surface area contributed by atoms with Crippen LogP contribution in [0.1, 0.15) is 5.56 Å². The predicted molar refractivity (Wildman–Crippen MR) is 64.8 cm³/mol. The van der Waals surface area contributed by atoms with Gasteiger partial charge in [-0.1, -0.05) is 54.6 Å². The molecule has 0 spiro atoms. The molecule has 88 valence electrons. The number of benzene rings is 2. The maximum absolute atomic E-state index is 13.7. The summed E-state index contributed by atoms with van der Waals surface area (Å²) < 4.78 is 27.4. The lowest BCUT2D eigenvalue weighted by atomic mass is 9.96. The van der Waals surface area contributed by atoms with Crippen LogP contribution in [0.4, 0.5) is 8.78 Å². The molecule has 2 N–H and O–H groups in total. The molecule has 0 heterocycles. The largest absolute Gasteiger partial charge is 0.325 e. The lowest BCUT2D eigenvalue weighted by Gasteiger charge is -2.18. The molecule has 0 saturated carbocycles. The van der Waals surface area contributed by atoms with Gasteiger partial charge in [0.15, 0.2) is 0 Å². The maximum Gasteiger partial charge on any atom is 0.285 e. The summed E-state index contributed by atoms with van der Waals surface area (Å²) in [4.78, 5) is 0. The number of hydrogen-bond acceptors (Lipinski definition) is 1. The van der Waals surface area contributed by atoms with Crippen molar-refractivity contribution in [2.45, 2.75) is 5.92 Å². The van der Waals surface area contributed by atoms with E-state index in [1.54, 1.807) is 18.2 Å². The zero-order valence-electron chi connectivity index (χ0n) is 9.24. The molecule has 0 aromatic heterocycles. The van der Waals surface area contributed by atoms with Gasteiger partial charge in [0.2, 0.25) is 0 Å². The Kier molecular flexibility index (Phi) is 3.20. The molecule has 0 saturated heterocycles. The zero-order valence-corrected chi connectivity index (χ0v) is 9.24. The van der Waals surface area contributed by atoms with Gasteiger partial charge in [-0.15, -0.1) is 0 Å². The molecule has 0 aliphatic rings. The van der Waals surface area contributed by atoms with E-state index in [0.29, 0.717) is 5.56 Å². The van der Waals surface area contributed by atoms with Gasteiger partial charge in [-0.05, 0) is 11.1 Å².